The van der Waals surface area contributed by atoms with E-state index in [-0.39, 0.29) is 22.4 Å². The number of nitrogens with zero attached hydrogens (tertiary/aromatic N) is 1. The molecule has 0 bridgehead atoms. The fraction of sp³-hybridized carbons (Fsp3) is 0.200. The second-order valence-corrected chi connectivity index (χ2v) is 4.26. The molecule has 0 aromatic heterocycles. The number of aromatic hydroxyl groups is 2. The summed E-state index contributed by atoms with van der Waals surface area (Å²) in [6.45, 7) is 0. The second-order valence-electron chi connectivity index (χ2n) is 3.47. The fourth-order valence-electron chi connectivity index (χ4n) is 1.59. The minimum Gasteiger partial charge on any atom is -0.507 e. The molecule has 1 atom stereocenters. The van der Waals surface area contributed by atoms with Crippen LogP contribution in [0.15, 0.2) is 15.5 Å². The molecule has 0 saturated heterocycles. The van der Waals surface area contributed by atoms with Crippen LogP contribution in [-0.4, -0.2) is 33.5 Å². The molecule has 0 fully saturated rings. The minimum atomic E-state index is -1.02. The zero-order valence-electron chi connectivity index (χ0n) is 8.01. The van der Waals surface area contributed by atoms with Gasteiger partial charge in [-0.05, 0) is 27.6 Å². The molecule has 1 aromatic carbocycles. The number of carboxylic acid groups (broad SMARTS) is 1. The quantitative estimate of drug-likeness (QED) is 0.725. The van der Waals surface area contributed by atoms with Crippen LogP contribution >= 0.6 is 15.9 Å². The van der Waals surface area contributed by atoms with Crippen LogP contribution in [-0.2, 0) is 11.2 Å². The number of benzene rings is 1. The Balaban J connectivity index is 2.52. The van der Waals surface area contributed by atoms with E-state index in [2.05, 4.69) is 20.9 Å². The molecule has 0 aliphatic carbocycles. The highest BCUT2D eigenvalue weighted by Crippen LogP contribution is 2.38. The lowest BCUT2D eigenvalue weighted by atomic mass is 9.97. The summed E-state index contributed by atoms with van der Waals surface area (Å²) in [5.41, 5.74) is 1.02. The summed E-state index contributed by atoms with van der Waals surface area (Å²) < 4.78 is 0.187. The predicted octanol–water partition coefficient (Wildman–Crippen LogP) is 1.29. The molecule has 0 saturated carbocycles. The molecule has 1 aromatic rings. The zero-order valence-corrected chi connectivity index (χ0v) is 9.60. The molecule has 2 rings (SSSR count). The van der Waals surface area contributed by atoms with Crippen LogP contribution in [0.3, 0.4) is 0 Å². The molecule has 3 N–H and O–H groups in total. The number of halogens is 1. The summed E-state index contributed by atoms with van der Waals surface area (Å²) >= 11 is 3.02. The normalized spacial score (nSPS) is 18.2. The fourth-order valence-corrected chi connectivity index (χ4v) is 1.92. The molecule has 5 nitrogen and oxygen atoms in total. The summed E-state index contributed by atoms with van der Waals surface area (Å²) in [7, 11) is 0. The number of carbonyl (C=O) groups is 1. The van der Waals surface area contributed by atoms with Gasteiger partial charge in [-0.25, -0.2) is 4.79 Å². The van der Waals surface area contributed by atoms with Gasteiger partial charge >= 0.3 is 5.97 Å². The van der Waals surface area contributed by atoms with Crippen LogP contribution in [0, 0.1) is 0 Å². The van der Waals surface area contributed by atoms with E-state index in [4.69, 9.17) is 5.11 Å². The van der Waals surface area contributed by atoms with Crippen molar-refractivity contribution in [3.63, 3.8) is 0 Å². The Bertz CT molecular complexity index is 498. The zero-order chi connectivity index (χ0) is 11.9. The Morgan fingerprint density at radius 1 is 1.50 bits per heavy atom. The lowest BCUT2D eigenvalue weighted by molar-refractivity contribution is -0.138. The Morgan fingerprint density at radius 2 is 2.19 bits per heavy atom. The molecule has 0 amide bonds. The number of hydrogen-bond donors (Lipinski definition) is 3. The number of phenolic OH excluding ortho intramolecular Hbond substituents is 2. The summed E-state index contributed by atoms with van der Waals surface area (Å²) in [5, 5.41) is 28.0. The van der Waals surface area contributed by atoms with E-state index in [0.717, 1.165) is 0 Å². The van der Waals surface area contributed by atoms with Gasteiger partial charge in [-0.2, -0.15) is 0 Å². The van der Waals surface area contributed by atoms with Gasteiger partial charge in [-0.1, -0.05) is 0 Å². The molecule has 1 unspecified atom stereocenters. The number of hydrogen-bond acceptors (Lipinski definition) is 4. The van der Waals surface area contributed by atoms with Crippen molar-refractivity contribution in [2.75, 3.05) is 0 Å². The average Bonchev–Trinajstić information content (AvgIpc) is 2.25. The van der Waals surface area contributed by atoms with E-state index in [9.17, 15) is 15.0 Å². The van der Waals surface area contributed by atoms with E-state index in [1.54, 1.807) is 0 Å². The highest BCUT2D eigenvalue weighted by molar-refractivity contribution is 9.10. The number of carboxylic acids is 1. The summed E-state index contributed by atoms with van der Waals surface area (Å²) in [4.78, 5) is 14.6. The lowest BCUT2D eigenvalue weighted by Gasteiger charge is -2.17. The number of aliphatic imine (C=N–C) groups is 1. The van der Waals surface area contributed by atoms with Crippen LogP contribution in [0.25, 0.3) is 0 Å². The van der Waals surface area contributed by atoms with Crippen molar-refractivity contribution in [1.82, 2.24) is 0 Å². The first-order chi connectivity index (χ1) is 7.50. The van der Waals surface area contributed by atoms with Crippen molar-refractivity contribution in [2.45, 2.75) is 12.5 Å². The van der Waals surface area contributed by atoms with E-state index < -0.39 is 12.0 Å². The molecule has 0 spiro atoms. The molecular formula is C10H8BrNO4. The van der Waals surface area contributed by atoms with Gasteiger partial charge in [0, 0.05) is 18.2 Å². The number of phenols is 2. The molecule has 1 aliphatic heterocycles. The van der Waals surface area contributed by atoms with Crippen molar-refractivity contribution in [3.8, 4) is 11.5 Å². The maximum Gasteiger partial charge on any atom is 0.328 e. The molecule has 6 heteroatoms. The molecule has 84 valence electrons. The summed E-state index contributed by atoms with van der Waals surface area (Å²) in [6.07, 6.45) is 1.48. The third-order valence-electron chi connectivity index (χ3n) is 2.43. The Morgan fingerprint density at radius 3 is 2.81 bits per heavy atom. The van der Waals surface area contributed by atoms with E-state index >= 15 is 0 Å². The second kappa shape index (κ2) is 3.79. The van der Waals surface area contributed by atoms with Crippen LogP contribution < -0.4 is 0 Å². The van der Waals surface area contributed by atoms with Crippen LogP contribution in [0.5, 0.6) is 11.5 Å². The van der Waals surface area contributed by atoms with Crippen molar-refractivity contribution >= 4 is 28.1 Å². The molecule has 0 radical (unpaired) electrons. The third-order valence-corrected chi connectivity index (χ3v) is 3.21. The van der Waals surface area contributed by atoms with Crippen LogP contribution in [0.2, 0.25) is 0 Å². The summed E-state index contributed by atoms with van der Waals surface area (Å²) in [6, 6.07) is 0.577. The lowest BCUT2D eigenvalue weighted by Crippen LogP contribution is -2.24. The molecule has 1 heterocycles. The predicted molar refractivity (Wildman–Crippen MR) is 60.2 cm³/mol. The van der Waals surface area contributed by atoms with Crippen molar-refractivity contribution in [3.05, 3.63) is 21.7 Å². The van der Waals surface area contributed by atoms with Gasteiger partial charge in [0.05, 0.1) is 0 Å². The van der Waals surface area contributed by atoms with Crippen LogP contribution in [0.4, 0.5) is 0 Å². The Hall–Kier alpha value is -1.56. The summed E-state index contributed by atoms with van der Waals surface area (Å²) in [5.74, 6) is -1.26. The monoisotopic (exact) mass is 285 g/mol. The first-order valence-electron chi connectivity index (χ1n) is 4.50. The van der Waals surface area contributed by atoms with Gasteiger partial charge in [0.25, 0.3) is 0 Å². The van der Waals surface area contributed by atoms with Gasteiger partial charge in [0.1, 0.15) is 16.0 Å². The van der Waals surface area contributed by atoms with Crippen molar-refractivity contribution in [1.29, 1.82) is 0 Å². The first-order valence-corrected chi connectivity index (χ1v) is 5.29. The highest BCUT2D eigenvalue weighted by Gasteiger charge is 2.24. The standard InChI is InChI=1S/C10H8BrNO4/c11-8-7(13)2-4-1-6(10(15)16)12-3-5(4)9(8)14/h2-3,6,13-14H,1H2,(H,15,16). The number of rotatable bonds is 1. The van der Waals surface area contributed by atoms with Crippen LogP contribution in [0.1, 0.15) is 11.1 Å². The largest absolute Gasteiger partial charge is 0.507 e. The van der Waals surface area contributed by atoms with Crippen molar-refractivity contribution < 1.29 is 20.1 Å². The van der Waals surface area contributed by atoms with Gasteiger partial charge < -0.3 is 15.3 Å². The van der Waals surface area contributed by atoms with Gasteiger partial charge in [0.15, 0.2) is 6.04 Å². The van der Waals surface area contributed by atoms with E-state index in [1.807, 2.05) is 0 Å². The molecular weight excluding hydrogens is 278 g/mol. The maximum atomic E-state index is 10.8. The van der Waals surface area contributed by atoms with Gasteiger partial charge in [-0.3, -0.25) is 4.99 Å². The Labute approximate surface area is 99.2 Å². The Kier molecular flexibility index (Phi) is 2.59. The van der Waals surface area contributed by atoms with Crippen molar-refractivity contribution in [2.24, 2.45) is 4.99 Å². The SMILES string of the molecule is O=C(O)C1Cc2cc(O)c(Br)c(O)c2C=N1. The minimum absolute atomic E-state index is 0.115. The topological polar surface area (TPSA) is 90.1 Å². The van der Waals surface area contributed by atoms with E-state index in [0.29, 0.717) is 11.1 Å². The molecule has 1 aliphatic rings. The first kappa shape index (κ1) is 10.9. The third kappa shape index (κ3) is 1.65. The smallest absolute Gasteiger partial charge is 0.328 e. The van der Waals surface area contributed by atoms with Gasteiger partial charge in [-0.15, -0.1) is 0 Å². The highest BCUT2D eigenvalue weighted by atomic mass is 79.9. The maximum absolute atomic E-state index is 10.8. The molecule has 16 heavy (non-hydrogen) atoms. The number of aliphatic carboxylic acids is 1. The van der Waals surface area contributed by atoms with E-state index in [1.165, 1.54) is 12.3 Å². The van der Waals surface area contributed by atoms with Gasteiger partial charge in [0.2, 0.25) is 0 Å². The number of fused-ring (bicyclic) bond motifs is 1. The average molecular weight is 286 g/mol.